The molecule has 3 rings (SSSR count). The van der Waals surface area contributed by atoms with Gasteiger partial charge in [0, 0.05) is 11.8 Å². The Morgan fingerprint density at radius 3 is 2.74 bits per heavy atom. The van der Waals surface area contributed by atoms with E-state index in [9.17, 15) is 22.8 Å². The van der Waals surface area contributed by atoms with Crippen molar-refractivity contribution in [2.24, 2.45) is 0 Å². The van der Waals surface area contributed by atoms with Crippen LogP contribution in [-0.4, -0.2) is 17.9 Å². The van der Waals surface area contributed by atoms with Crippen molar-refractivity contribution in [3.05, 3.63) is 59.7 Å². The van der Waals surface area contributed by atoms with Gasteiger partial charge in [0.15, 0.2) is 6.10 Å². The molecule has 27 heavy (non-hydrogen) atoms. The highest BCUT2D eigenvalue weighted by atomic mass is 19.4. The maximum absolute atomic E-state index is 12.7. The summed E-state index contributed by atoms with van der Waals surface area (Å²) in [5, 5.41) is 5.24. The number of alkyl halides is 3. The fraction of sp³-hybridized carbons (Fsp3) is 0.158. The van der Waals surface area contributed by atoms with Crippen LogP contribution in [0, 0.1) is 0 Å². The minimum Gasteiger partial charge on any atom is -0.479 e. The number of nitrogens with one attached hydrogen (secondary N) is 2. The number of ether oxygens (including phenoxy) is 1. The van der Waals surface area contributed by atoms with Gasteiger partial charge in [-0.3, -0.25) is 9.59 Å². The number of halogens is 3. The molecule has 5 nitrogen and oxygen atoms in total. The lowest BCUT2D eigenvalue weighted by Crippen LogP contribution is -2.34. The Hall–Kier alpha value is -3.29. The van der Waals surface area contributed by atoms with Crippen molar-refractivity contribution in [3.8, 4) is 5.75 Å². The third-order valence-electron chi connectivity index (χ3n) is 3.82. The lowest BCUT2D eigenvalue weighted by atomic mass is 10.1. The standard InChI is InChI=1S/C19H15F3N2O3/c1-11-18(26)24-15-10-14(6-7-16(15)27-11)23-17(25)8-5-12-3-2-4-13(9-12)19(20,21)22/h2-11H,1H3,(H,23,25)(H,24,26)/b8-5+. The van der Waals surface area contributed by atoms with Crippen LogP contribution in [0.25, 0.3) is 6.08 Å². The van der Waals surface area contributed by atoms with Crippen molar-refractivity contribution in [2.45, 2.75) is 19.2 Å². The Balaban J connectivity index is 1.69. The van der Waals surface area contributed by atoms with Crippen molar-refractivity contribution in [1.29, 1.82) is 0 Å². The number of hydrogen-bond donors (Lipinski definition) is 2. The van der Waals surface area contributed by atoms with E-state index in [1.807, 2.05) is 0 Å². The molecule has 2 N–H and O–H groups in total. The van der Waals surface area contributed by atoms with Gasteiger partial charge in [0.05, 0.1) is 11.3 Å². The predicted octanol–water partition coefficient (Wildman–Crippen LogP) is 4.08. The van der Waals surface area contributed by atoms with E-state index in [0.717, 1.165) is 18.2 Å². The van der Waals surface area contributed by atoms with E-state index in [0.29, 0.717) is 17.1 Å². The van der Waals surface area contributed by atoms with Gasteiger partial charge in [-0.1, -0.05) is 12.1 Å². The fourth-order valence-corrected chi connectivity index (χ4v) is 2.46. The largest absolute Gasteiger partial charge is 0.479 e. The Labute approximate surface area is 152 Å². The number of rotatable bonds is 3. The smallest absolute Gasteiger partial charge is 0.416 e. The van der Waals surface area contributed by atoms with E-state index >= 15 is 0 Å². The molecule has 1 atom stereocenters. The molecule has 140 valence electrons. The highest BCUT2D eigenvalue weighted by Crippen LogP contribution is 2.32. The molecule has 0 saturated carbocycles. The first-order valence-electron chi connectivity index (χ1n) is 8.00. The van der Waals surface area contributed by atoms with E-state index in [1.165, 1.54) is 24.3 Å². The van der Waals surface area contributed by atoms with Gasteiger partial charge in [0.2, 0.25) is 5.91 Å². The molecule has 2 amide bonds. The molecule has 0 saturated heterocycles. The van der Waals surface area contributed by atoms with Crippen LogP contribution in [0.2, 0.25) is 0 Å². The van der Waals surface area contributed by atoms with E-state index in [2.05, 4.69) is 10.6 Å². The van der Waals surface area contributed by atoms with Crippen LogP contribution in [-0.2, 0) is 15.8 Å². The summed E-state index contributed by atoms with van der Waals surface area (Å²) in [5.41, 5.74) is 0.299. The number of carbonyl (C=O) groups excluding carboxylic acids is 2. The molecule has 0 fully saturated rings. The van der Waals surface area contributed by atoms with E-state index in [1.54, 1.807) is 19.1 Å². The van der Waals surface area contributed by atoms with Crippen LogP contribution < -0.4 is 15.4 Å². The highest BCUT2D eigenvalue weighted by molar-refractivity contribution is 6.03. The SMILES string of the molecule is CC1Oc2ccc(NC(=O)/C=C/c3cccc(C(F)(F)F)c3)cc2NC1=O. The topological polar surface area (TPSA) is 67.4 Å². The summed E-state index contributed by atoms with van der Waals surface area (Å²) in [5.74, 6) is -0.334. The van der Waals surface area contributed by atoms with Crippen molar-refractivity contribution in [1.82, 2.24) is 0 Å². The van der Waals surface area contributed by atoms with Crippen LogP contribution in [0.3, 0.4) is 0 Å². The fourth-order valence-electron chi connectivity index (χ4n) is 2.46. The molecule has 0 radical (unpaired) electrons. The first-order chi connectivity index (χ1) is 12.7. The third-order valence-corrected chi connectivity index (χ3v) is 3.82. The molecule has 0 aliphatic carbocycles. The van der Waals surface area contributed by atoms with Gasteiger partial charge < -0.3 is 15.4 Å². The Morgan fingerprint density at radius 2 is 2.00 bits per heavy atom. The lowest BCUT2D eigenvalue weighted by Gasteiger charge is -2.23. The molecule has 1 unspecified atom stereocenters. The van der Waals surface area contributed by atoms with Gasteiger partial charge in [0.1, 0.15) is 5.75 Å². The first-order valence-corrected chi connectivity index (χ1v) is 8.00. The molecule has 8 heteroatoms. The van der Waals surface area contributed by atoms with Crippen LogP contribution >= 0.6 is 0 Å². The zero-order chi connectivity index (χ0) is 19.6. The summed E-state index contributed by atoms with van der Waals surface area (Å²) in [6.07, 6.45) is -2.63. The van der Waals surface area contributed by atoms with Crippen molar-refractivity contribution in [3.63, 3.8) is 0 Å². The molecule has 2 aromatic rings. The van der Waals surface area contributed by atoms with Gasteiger partial charge >= 0.3 is 6.18 Å². The number of hydrogen-bond acceptors (Lipinski definition) is 3. The number of anilines is 2. The quantitative estimate of drug-likeness (QED) is 0.794. The van der Waals surface area contributed by atoms with Crippen LogP contribution in [0.4, 0.5) is 24.5 Å². The van der Waals surface area contributed by atoms with Gasteiger partial charge in [0.25, 0.3) is 5.91 Å². The molecule has 1 aliphatic rings. The summed E-state index contributed by atoms with van der Waals surface area (Å²) in [6, 6.07) is 9.39. The summed E-state index contributed by atoms with van der Waals surface area (Å²) in [6.45, 7) is 1.62. The predicted molar refractivity (Wildman–Crippen MR) is 94.3 cm³/mol. The third kappa shape index (κ3) is 4.46. The lowest BCUT2D eigenvalue weighted by molar-refractivity contribution is -0.137. The van der Waals surface area contributed by atoms with E-state index in [-0.39, 0.29) is 11.5 Å². The highest BCUT2D eigenvalue weighted by Gasteiger charge is 2.30. The Bertz CT molecular complexity index is 923. The number of benzene rings is 2. The molecular weight excluding hydrogens is 361 g/mol. The Morgan fingerprint density at radius 1 is 1.22 bits per heavy atom. The monoisotopic (exact) mass is 376 g/mol. The van der Waals surface area contributed by atoms with Crippen LogP contribution in [0.15, 0.2) is 48.5 Å². The molecular formula is C19H15F3N2O3. The van der Waals surface area contributed by atoms with Crippen molar-refractivity contribution < 1.29 is 27.5 Å². The molecule has 0 bridgehead atoms. The zero-order valence-electron chi connectivity index (χ0n) is 14.1. The minimum atomic E-state index is -4.45. The maximum Gasteiger partial charge on any atom is 0.416 e. The number of carbonyl (C=O) groups is 2. The van der Waals surface area contributed by atoms with Gasteiger partial charge in [-0.2, -0.15) is 13.2 Å². The number of fused-ring (bicyclic) bond motifs is 1. The molecule has 0 aromatic heterocycles. The normalized spacial score (nSPS) is 16.4. The summed E-state index contributed by atoms with van der Waals surface area (Å²) < 4.78 is 43.5. The van der Waals surface area contributed by atoms with Crippen molar-refractivity contribution >= 4 is 29.3 Å². The second-order valence-electron chi connectivity index (χ2n) is 5.91. The zero-order valence-corrected chi connectivity index (χ0v) is 14.1. The van der Waals surface area contributed by atoms with Gasteiger partial charge in [-0.15, -0.1) is 0 Å². The van der Waals surface area contributed by atoms with Gasteiger partial charge in [-0.05, 0) is 48.9 Å². The van der Waals surface area contributed by atoms with Crippen LogP contribution in [0.1, 0.15) is 18.1 Å². The molecule has 0 spiro atoms. The van der Waals surface area contributed by atoms with E-state index < -0.39 is 23.8 Å². The molecule has 1 heterocycles. The average molecular weight is 376 g/mol. The first kappa shape index (κ1) is 18.5. The molecule has 1 aliphatic heterocycles. The average Bonchev–Trinajstić information content (AvgIpc) is 2.61. The molecule has 2 aromatic carbocycles. The van der Waals surface area contributed by atoms with Crippen LogP contribution in [0.5, 0.6) is 5.75 Å². The van der Waals surface area contributed by atoms with Crippen molar-refractivity contribution in [2.75, 3.05) is 10.6 Å². The maximum atomic E-state index is 12.7. The summed E-state index contributed by atoms with van der Waals surface area (Å²) in [4.78, 5) is 23.6. The Kier molecular flexibility index (Phi) is 4.89. The van der Waals surface area contributed by atoms with E-state index in [4.69, 9.17) is 4.74 Å². The summed E-state index contributed by atoms with van der Waals surface area (Å²) >= 11 is 0. The second kappa shape index (κ2) is 7.14. The van der Waals surface area contributed by atoms with Gasteiger partial charge in [-0.25, -0.2) is 0 Å². The summed E-state index contributed by atoms with van der Waals surface area (Å²) in [7, 11) is 0. The minimum absolute atomic E-state index is 0.250. The second-order valence-corrected chi connectivity index (χ2v) is 5.91. The number of amides is 2.